The van der Waals surface area contributed by atoms with E-state index in [4.69, 9.17) is 4.74 Å². The maximum Gasteiger partial charge on any atom is 0.275 e. The SMILES string of the molecule is CCOc1ccc(Br)cc1C(=O)N/N=C\c1ccc([N+](=O)[O-])cc1. The van der Waals surface area contributed by atoms with E-state index < -0.39 is 10.8 Å². The van der Waals surface area contributed by atoms with Crippen LogP contribution >= 0.6 is 15.9 Å². The van der Waals surface area contributed by atoms with Crippen LogP contribution in [0, 0.1) is 10.1 Å². The van der Waals surface area contributed by atoms with E-state index in [9.17, 15) is 14.9 Å². The lowest BCUT2D eigenvalue weighted by Crippen LogP contribution is -2.18. The molecule has 0 spiro atoms. The zero-order valence-electron chi connectivity index (χ0n) is 12.7. The molecule has 0 saturated heterocycles. The van der Waals surface area contributed by atoms with E-state index in [1.807, 2.05) is 6.92 Å². The number of halogens is 1. The number of ether oxygens (including phenoxy) is 1. The largest absolute Gasteiger partial charge is 0.493 e. The number of nitrogens with zero attached hydrogens (tertiary/aromatic N) is 2. The van der Waals surface area contributed by atoms with Crippen molar-refractivity contribution in [2.24, 2.45) is 5.10 Å². The first-order chi connectivity index (χ1) is 11.5. The van der Waals surface area contributed by atoms with Crippen LogP contribution in [-0.4, -0.2) is 23.7 Å². The van der Waals surface area contributed by atoms with Crippen LogP contribution in [0.15, 0.2) is 52.0 Å². The van der Waals surface area contributed by atoms with Crippen LogP contribution in [0.25, 0.3) is 0 Å². The molecule has 0 aliphatic rings. The Balaban J connectivity index is 2.07. The van der Waals surface area contributed by atoms with Crippen molar-refractivity contribution >= 4 is 33.7 Å². The Labute approximate surface area is 146 Å². The third kappa shape index (κ3) is 4.63. The van der Waals surface area contributed by atoms with Crippen molar-refractivity contribution in [3.63, 3.8) is 0 Å². The number of hydrogen-bond acceptors (Lipinski definition) is 5. The van der Waals surface area contributed by atoms with Crippen molar-refractivity contribution in [3.8, 4) is 5.75 Å². The Morgan fingerprint density at radius 2 is 2.04 bits per heavy atom. The third-order valence-electron chi connectivity index (χ3n) is 2.97. The zero-order chi connectivity index (χ0) is 17.5. The van der Waals surface area contributed by atoms with Gasteiger partial charge in [-0.1, -0.05) is 15.9 Å². The number of nitro benzene ring substituents is 1. The quantitative estimate of drug-likeness (QED) is 0.462. The maximum atomic E-state index is 12.2. The van der Waals surface area contributed by atoms with Gasteiger partial charge < -0.3 is 4.74 Å². The summed E-state index contributed by atoms with van der Waals surface area (Å²) >= 11 is 3.31. The van der Waals surface area contributed by atoms with Gasteiger partial charge in [0.1, 0.15) is 5.75 Å². The maximum absolute atomic E-state index is 12.2. The van der Waals surface area contributed by atoms with Gasteiger partial charge in [-0.25, -0.2) is 5.43 Å². The summed E-state index contributed by atoms with van der Waals surface area (Å²) in [5.74, 6) is 0.0432. The lowest BCUT2D eigenvalue weighted by molar-refractivity contribution is -0.384. The molecule has 0 unspecified atom stereocenters. The van der Waals surface area contributed by atoms with Crippen LogP contribution < -0.4 is 10.2 Å². The molecule has 124 valence electrons. The molecule has 0 aliphatic carbocycles. The average Bonchev–Trinajstić information content (AvgIpc) is 2.57. The van der Waals surface area contributed by atoms with Crippen molar-refractivity contribution in [1.82, 2.24) is 5.43 Å². The summed E-state index contributed by atoms with van der Waals surface area (Å²) in [5, 5.41) is 14.4. The summed E-state index contributed by atoms with van der Waals surface area (Å²) in [6.07, 6.45) is 1.40. The summed E-state index contributed by atoms with van der Waals surface area (Å²) in [6.45, 7) is 2.27. The summed E-state index contributed by atoms with van der Waals surface area (Å²) < 4.78 is 6.16. The van der Waals surface area contributed by atoms with Crippen molar-refractivity contribution in [3.05, 3.63) is 68.2 Å². The highest BCUT2D eigenvalue weighted by Crippen LogP contribution is 2.23. The van der Waals surface area contributed by atoms with Crippen LogP contribution in [-0.2, 0) is 0 Å². The molecule has 0 heterocycles. The summed E-state index contributed by atoms with van der Waals surface area (Å²) in [5.41, 5.74) is 3.38. The molecule has 1 amide bonds. The van der Waals surface area contributed by atoms with Gasteiger partial charge in [-0.15, -0.1) is 0 Å². The molecule has 0 aromatic heterocycles. The molecular formula is C16H14BrN3O4. The van der Waals surface area contributed by atoms with Gasteiger partial charge in [0.25, 0.3) is 11.6 Å². The topological polar surface area (TPSA) is 93.8 Å². The predicted octanol–water partition coefficient (Wildman–Crippen LogP) is 3.52. The van der Waals surface area contributed by atoms with Gasteiger partial charge >= 0.3 is 0 Å². The molecule has 0 bridgehead atoms. The number of rotatable bonds is 6. The molecule has 2 aromatic rings. The Bertz CT molecular complexity index is 775. The van der Waals surface area contributed by atoms with E-state index in [1.54, 1.807) is 30.3 Å². The van der Waals surface area contributed by atoms with Crippen molar-refractivity contribution in [2.75, 3.05) is 6.61 Å². The monoisotopic (exact) mass is 391 g/mol. The average molecular weight is 392 g/mol. The summed E-state index contributed by atoms with van der Waals surface area (Å²) in [7, 11) is 0. The normalized spacial score (nSPS) is 10.6. The number of non-ortho nitro benzene ring substituents is 1. The number of benzene rings is 2. The highest BCUT2D eigenvalue weighted by atomic mass is 79.9. The predicted molar refractivity (Wildman–Crippen MR) is 93.5 cm³/mol. The van der Waals surface area contributed by atoms with Gasteiger partial charge in [-0.2, -0.15) is 5.10 Å². The second kappa shape index (κ2) is 8.21. The number of carbonyl (C=O) groups is 1. The molecule has 0 fully saturated rings. The van der Waals surface area contributed by atoms with Gasteiger partial charge in [0, 0.05) is 16.6 Å². The molecule has 0 saturated carbocycles. The molecule has 2 aromatic carbocycles. The van der Waals surface area contributed by atoms with Crippen LogP contribution in [0.5, 0.6) is 5.75 Å². The fraction of sp³-hybridized carbons (Fsp3) is 0.125. The van der Waals surface area contributed by atoms with Gasteiger partial charge in [0.15, 0.2) is 0 Å². The number of hydrazone groups is 1. The minimum absolute atomic E-state index is 0.00771. The van der Waals surface area contributed by atoms with E-state index in [0.717, 1.165) is 4.47 Å². The molecule has 24 heavy (non-hydrogen) atoms. The lowest BCUT2D eigenvalue weighted by atomic mass is 10.2. The van der Waals surface area contributed by atoms with E-state index in [-0.39, 0.29) is 5.69 Å². The first-order valence-corrected chi connectivity index (χ1v) is 7.80. The summed E-state index contributed by atoms with van der Waals surface area (Å²) in [4.78, 5) is 22.3. The first kappa shape index (κ1) is 17.6. The number of hydrogen-bond donors (Lipinski definition) is 1. The Hall–Kier alpha value is -2.74. The Morgan fingerprint density at radius 3 is 2.67 bits per heavy atom. The van der Waals surface area contributed by atoms with Crippen molar-refractivity contribution < 1.29 is 14.5 Å². The summed E-state index contributed by atoms with van der Waals surface area (Å²) in [6, 6.07) is 10.9. The van der Waals surface area contributed by atoms with Gasteiger partial charge in [0.2, 0.25) is 0 Å². The zero-order valence-corrected chi connectivity index (χ0v) is 14.3. The molecule has 0 atom stereocenters. The first-order valence-electron chi connectivity index (χ1n) is 7.01. The number of amides is 1. The van der Waals surface area contributed by atoms with Crippen LogP contribution in [0.4, 0.5) is 5.69 Å². The molecule has 2 rings (SSSR count). The fourth-order valence-electron chi connectivity index (χ4n) is 1.87. The molecular weight excluding hydrogens is 378 g/mol. The minimum Gasteiger partial charge on any atom is -0.493 e. The third-order valence-corrected chi connectivity index (χ3v) is 3.46. The van der Waals surface area contributed by atoms with Gasteiger partial charge in [-0.3, -0.25) is 14.9 Å². The Kier molecular flexibility index (Phi) is 6.02. The fourth-order valence-corrected chi connectivity index (χ4v) is 2.23. The molecule has 8 heteroatoms. The number of nitrogens with one attached hydrogen (secondary N) is 1. The Morgan fingerprint density at radius 1 is 1.33 bits per heavy atom. The number of carbonyl (C=O) groups excluding carboxylic acids is 1. The number of nitro groups is 1. The minimum atomic E-state index is -0.481. The lowest BCUT2D eigenvalue weighted by Gasteiger charge is -2.09. The van der Waals surface area contributed by atoms with Gasteiger partial charge in [0.05, 0.1) is 23.3 Å². The van der Waals surface area contributed by atoms with E-state index in [1.165, 1.54) is 18.3 Å². The van der Waals surface area contributed by atoms with Crippen LogP contribution in [0.3, 0.4) is 0 Å². The van der Waals surface area contributed by atoms with E-state index in [2.05, 4.69) is 26.5 Å². The standard InChI is InChI=1S/C16H14BrN3O4/c1-2-24-15-8-5-12(17)9-14(15)16(21)19-18-10-11-3-6-13(7-4-11)20(22)23/h3-10H,2H2,1H3,(H,19,21)/b18-10-. The second-order valence-electron chi connectivity index (χ2n) is 4.62. The van der Waals surface area contributed by atoms with Crippen molar-refractivity contribution in [1.29, 1.82) is 0 Å². The van der Waals surface area contributed by atoms with E-state index >= 15 is 0 Å². The van der Waals surface area contributed by atoms with E-state index in [0.29, 0.717) is 23.5 Å². The molecule has 0 aliphatic heterocycles. The molecule has 7 nitrogen and oxygen atoms in total. The second-order valence-corrected chi connectivity index (χ2v) is 5.54. The van der Waals surface area contributed by atoms with Crippen LogP contribution in [0.2, 0.25) is 0 Å². The highest BCUT2D eigenvalue weighted by Gasteiger charge is 2.12. The van der Waals surface area contributed by atoms with Crippen LogP contribution in [0.1, 0.15) is 22.8 Å². The molecule has 1 N–H and O–H groups in total. The highest BCUT2D eigenvalue weighted by molar-refractivity contribution is 9.10. The van der Waals surface area contributed by atoms with Gasteiger partial charge in [-0.05, 0) is 42.8 Å². The smallest absolute Gasteiger partial charge is 0.275 e. The van der Waals surface area contributed by atoms with Crippen molar-refractivity contribution in [2.45, 2.75) is 6.92 Å². The molecule has 0 radical (unpaired) electrons.